The van der Waals surface area contributed by atoms with Crippen LogP contribution in [0.1, 0.15) is 99.3 Å². The highest BCUT2D eigenvalue weighted by molar-refractivity contribution is 5.33. The van der Waals surface area contributed by atoms with Gasteiger partial charge < -0.3 is 15.3 Å². The summed E-state index contributed by atoms with van der Waals surface area (Å²) in [5.74, 6) is 2.23. The summed E-state index contributed by atoms with van der Waals surface area (Å²) in [6.07, 6.45) is 11.8. The minimum absolute atomic E-state index is 0.0504. The van der Waals surface area contributed by atoms with Crippen LogP contribution in [0.5, 0.6) is 0 Å². The van der Waals surface area contributed by atoms with Crippen molar-refractivity contribution >= 4 is 0 Å². The summed E-state index contributed by atoms with van der Waals surface area (Å²) in [6.45, 7) is 14.6. The Morgan fingerprint density at radius 2 is 1.66 bits per heavy atom. The van der Waals surface area contributed by atoms with E-state index in [-0.39, 0.29) is 28.8 Å². The lowest BCUT2D eigenvalue weighted by molar-refractivity contribution is -0.243. The third kappa shape index (κ3) is 2.65. The van der Waals surface area contributed by atoms with Crippen LogP contribution in [0.2, 0.25) is 0 Å². The van der Waals surface area contributed by atoms with Gasteiger partial charge in [0.1, 0.15) is 0 Å². The van der Waals surface area contributed by atoms with Gasteiger partial charge in [-0.2, -0.15) is 0 Å². The van der Waals surface area contributed by atoms with E-state index in [2.05, 4.69) is 40.7 Å². The Morgan fingerprint density at radius 1 is 0.938 bits per heavy atom. The smallest absolute Gasteiger partial charge is 0.0877 e. The number of aliphatic hydroxyl groups is 3. The fraction of sp³-hybridized carbons (Fsp3) is 0.931. The fourth-order valence-corrected chi connectivity index (χ4v) is 10.9. The molecule has 32 heavy (non-hydrogen) atoms. The van der Waals surface area contributed by atoms with Crippen LogP contribution < -0.4 is 0 Å². The van der Waals surface area contributed by atoms with Crippen LogP contribution in [-0.2, 0) is 0 Å². The molecular formula is C29H48O3. The predicted octanol–water partition coefficient (Wildman–Crippen LogP) is 5.72. The molecule has 3 nitrogen and oxygen atoms in total. The Hall–Kier alpha value is -0.380. The second-order valence-electron chi connectivity index (χ2n) is 14.2. The van der Waals surface area contributed by atoms with E-state index in [9.17, 15) is 15.3 Å². The quantitative estimate of drug-likeness (QED) is 0.453. The molecule has 3 N–H and O–H groups in total. The zero-order valence-electron chi connectivity index (χ0n) is 21.5. The highest BCUT2D eigenvalue weighted by atomic mass is 16.3. The molecule has 0 aromatic rings. The molecular weight excluding hydrogens is 396 g/mol. The van der Waals surface area contributed by atoms with Crippen molar-refractivity contribution in [1.82, 2.24) is 0 Å². The second-order valence-corrected chi connectivity index (χ2v) is 14.2. The van der Waals surface area contributed by atoms with Gasteiger partial charge in [-0.15, -0.1) is 0 Å². The van der Waals surface area contributed by atoms with Crippen molar-refractivity contribution in [2.45, 2.75) is 112 Å². The first-order valence-electron chi connectivity index (χ1n) is 13.5. The largest absolute Gasteiger partial charge is 0.396 e. The second kappa shape index (κ2) is 7.08. The van der Waals surface area contributed by atoms with Gasteiger partial charge in [-0.1, -0.05) is 66.0 Å². The molecule has 3 heteroatoms. The summed E-state index contributed by atoms with van der Waals surface area (Å²) < 4.78 is 0. The van der Waals surface area contributed by atoms with E-state index in [0.29, 0.717) is 17.8 Å². The molecule has 0 radical (unpaired) electrons. The van der Waals surface area contributed by atoms with Gasteiger partial charge in [0.25, 0.3) is 0 Å². The van der Waals surface area contributed by atoms with Crippen LogP contribution in [0.25, 0.3) is 0 Å². The highest BCUT2D eigenvalue weighted by Crippen LogP contribution is 2.75. The molecule has 0 amide bonds. The first kappa shape index (κ1) is 23.4. The van der Waals surface area contributed by atoms with E-state index in [1.54, 1.807) is 5.57 Å². The number of aliphatic hydroxyl groups excluding tert-OH is 3. The van der Waals surface area contributed by atoms with E-state index < -0.39 is 17.6 Å². The monoisotopic (exact) mass is 444 g/mol. The van der Waals surface area contributed by atoms with Crippen LogP contribution in [0.4, 0.5) is 0 Å². The first-order chi connectivity index (χ1) is 14.9. The molecule has 0 saturated heterocycles. The first-order valence-corrected chi connectivity index (χ1v) is 13.5. The van der Waals surface area contributed by atoms with E-state index in [1.807, 2.05) is 6.92 Å². The van der Waals surface area contributed by atoms with Gasteiger partial charge in [-0.25, -0.2) is 0 Å². The van der Waals surface area contributed by atoms with Crippen molar-refractivity contribution in [2.24, 2.45) is 50.7 Å². The molecule has 11 unspecified atom stereocenters. The molecule has 0 aromatic carbocycles. The SMILES string of the molecule is CC1CCCC2(C)CCC3(C)C(=CCC4C5(C)CC(O)C(O)C(C)(CO)C5CCC43C)C12. The van der Waals surface area contributed by atoms with Gasteiger partial charge >= 0.3 is 0 Å². The van der Waals surface area contributed by atoms with Crippen LogP contribution in [0.3, 0.4) is 0 Å². The van der Waals surface area contributed by atoms with Crippen molar-refractivity contribution < 1.29 is 15.3 Å². The molecule has 0 aliphatic heterocycles. The highest BCUT2D eigenvalue weighted by Gasteiger charge is 2.69. The van der Waals surface area contributed by atoms with Crippen molar-refractivity contribution in [1.29, 1.82) is 0 Å². The van der Waals surface area contributed by atoms with E-state index in [0.717, 1.165) is 24.7 Å². The molecule has 4 saturated carbocycles. The minimum atomic E-state index is -0.835. The lowest BCUT2D eigenvalue weighted by Gasteiger charge is -2.71. The molecule has 5 aliphatic rings. The number of hydrogen-bond acceptors (Lipinski definition) is 3. The molecule has 0 aromatic heterocycles. The Labute approximate surface area is 196 Å². The van der Waals surface area contributed by atoms with Gasteiger partial charge in [-0.05, 0) is 90.3 Å². The zero-order chi connectivity index (χ0) is 23.3. The molecule has 4 fully saturated rings. The van der Waals surface area contributed by atoms with Crippen LogP contribution in [-0.4, -0.2) is 34.1 Å². The van der Waals surface area contributed by atoms with E-state index in [4.69, 9.17) is 0 Å². The Bertz CT molecular complexity index is 806. The minimum Gasteiger partial charge on any atom is -0.396 e. The number of allylic oxidation sites excluding steroid dienone is 2. The molecule has 5 rings (SSSR count). The van der Waals surface area contributed by atoms with Gasteiger partial charge in [0.05, 0.1) is 18.8 Å². The summed E-state index contributed by atoms with van der Waals surface area (Å²) in [5, 5.41) is 32.3. The zero-order valence-corrected chi connectivity index (χ0v) is 21.5. The third-order valence-electron chi connectivity index (χ3n) is 12.9. The molecule has 0 spiro atoms. The van der Waals surface area contributed by atoms with E-state index in [1.165, 1.54) is 38.5 Å². The van der Waals surface area contributed by atoms with Crippen LogP contribution >= 0.6 is 0 Å². The maximum atomic E-state index is 11.0. The number of rotatable bonds is 1. The van der Waals surface area contributed by atoms with Gasteiger partial charge in [0, 0.05) is 5.41 Å². The maximum absolute atomic E-state index is 11.0. The average molecular weight is 445 g/mol. The van der Waals surface area contributed by atoms with Gasteiger partial charge in [-0.3, -0.25) is 0 Å². The molecule has 5 aliphatic carbocycles. The van der Waals surface area contributed by atoms with E-state index >= 15 is 0 Å². The summed E-state index contributed by atoms with van der Waals surface area (Å²) >= 11 is 0. The van der Waals surface area contributed by atoms with Crippen LogP contribution in [0.15, 0.2) is 11.6 Å². The summed E-state index contributed by atoms with van der Waals surface area (Å²) in [7, 11) is 0. The summed E-state index contributed by atoms with van der Waals surface area (Å²) in [5.41, 5.74) is 1.98. The van der Waals surface area contributed by atoms with Crippen molar-refractivity contribution in [2.75, 3.05) is 6.61 Å². The lowest BCUT2D eigenvalue weighted by Crippen LogP contribution is -2.67. The standard InChI is InChI=1S/C29H48O3/c1-18-8-7-12-25(2)14-15-28(5)19(23(18)25)9-10-22-26(3)16-20(31)24(32)27(4,17-30)21(26)11-13-29(22,28)6/h9,18,20-24,30-32H,7-8,10-17H2,1-6H3. The summed E-state index contributed by atoms with van der Waals surface area (Å²) in [6, 6.07) is 0. The predicted molar refractivity (Wildman–Crippen MR) is 129 cm³/mol. The maximum Gasteiger partial charge on any atom is 0.0877 e. The molecule has 0 heterocycles. The fourth-order valence-electron chi connectivity index (χ4n) is 10.9. The number of fused-ring (bicyclic) bond motifs is 7. The summed E-state index contributed by atoms with van der Waals surface area (Å²) in [4.78, 5) is 0. The Kier molecular flexibility index (Phi) is 5.17. The van der Waals surface area contributed by atoms with Gasteiger partial charge in [0.15, 0.2) is 0 Å². The molecule has 182 valence electrons. The van der Waals surface area contributed by atoms with Gasteiger partial charge in [0.2, 0.25) is 0 Å². The average Bonchev–Trinajstić information content (AvgIpc) is 2.73. The van der Waals surface area contributed by atoms with Crippen molar-refractivity contribution in [3.05, 3.63) is 11.6 Å². The third-order valence-corrected chi connectivity index (χ3v) is 12.9. The topological polar surface area (TPSA) is 60.7 Å². The van der Waals surface area contributed by atoms with Crippen molar-refractivity contribution in [3.63, 3.8) is 0 Å². The Morgan fingerprint density at radius 3 is 2.34 bits per heavy atom. The molecule has 11 atom stereocenters. The van der Waals surface area contributed by atoms with Crippen LogP contribution in [0, 0.1) is 50.7 Å². The Balaban J connectivity index is 1.60. The molecule has 0 bridgehead atoms. The lowest BCUT2D eigenvalue weighted by atomic mass is 9.33. The number of hydrogen-bond donors (Lipinski definition) is 3. The van der Waals surface area contributed by atoms with Crippen molar-refractivity contribution in [3.8, 4) is 0 Å². The normalized spacial score (nSPS) is 59.8.